The van der Waals surface area contributed by atoms with Gasteiger partial charge in [0.1, 0.15) is 37.4 Å². The molecule has 1 fully saturated rings. The zero-order chi connectivity index (χ0) is 29.2. The van der Waals surface area contributed by atoms with Crippen molar-refractivity contribution in [2.75, 3.05) is 0 Å². The molecule has 2 aliphatic heterocycles. The summed E-state index contributed by atoms with van der Waals surface area (Å²) < 4.78 is 30.1. The Morgan fingerprint density at radius 3 is 2.21 bits per heavy atom. The van der Waals surface area contributed by atoms with E-state index in [0.29, 0.717) is 0 Å². The molecule has 4 rings (SSSR count). The van der Waals surface area contributed by atoms with Crippen molar-refractivity contribution >= 4 is 107 Å². The standard InChI is InChI=1S/C22H11B7ClF2N3O4/c23-14-11-12(19(38)34(17(11)26)9-5-6-10(36)33-18(9)37)15(24)16(25)13(14)22(27,28)35(29)20(39)21(31,32)7-1-3-8(30)4-2-7/h1-4,9,17H,5-6H2,(H,33,36,37). The third-order valence-corrected chi connectivity index (χ3v) is 6.99. The van der Waals surface area contributed by atoms with Crippen LogP contribution in [0.4, 0.5) is 8.78 Å². The predicted molar refractivity (Wildman–Crippen MR) is 145 cm³/mol. The molecule has 0 bridgehead atoms. The average molecular weight is 530 g/mol. The Morgan fingerprint density at radius 1 is 1.05 bits per heavy atom. The molecule has 2 aliphatic rings. The van der Waals surface area contributed by atoms with Gasteiger partial charge in [-0.2, -0.15) is 8.78 Å². The molecule has 0 spiro atoms. The lowest BCUT2D eigenvalue weighted by molar-refractivity contribution is -0.155. The Kier molecular flexibility index (Phi) is 7.43. The van der Waals surface area contributed by atoms with Crippen LogP contribution in [0.1, 0.15) is 45.8 Å². The van der Waals surface area contributed by atoms with E-state index in [9.17, 15) is 19.2 Å². The summed E-state index contributed by atoms with van der Waals surface area (Å²) in [6, 6.07) is 2.94. The molecule has 0 aromatic heterocycles. The van der Waals surface area contributed by atoms with Crippen LogP contribution in [-0.2, 0) is 25.6 Å². The van der Waals surface area contributed by atoms with Gasteiger partial charge in [-0.05, 0) is 29.5 Å². The SMILES string of the molecule is [B]c1c([B])c(C([B])([B])N([B])C(=O)C(F)(F)c2ccc(Cl)cc2)c([B])c2c1C(=O)N(C1CCC(=O)NC1=O)C2[B]. The number of nitrogens with one attached hydrogen (secondary N) is 1. The van der Waals surface area contributed by atoms with Gasteiger partial charge in [0.15, 0.2) is 0 Å². The van der Waals surface area contributed by atoms with Crippen LogP contribution in [0.25, 0.3) is 0 Å². The number of benzene rings is 2. The first-order valence-corrected chi connectivity index (χ1v) is 11.6. The van der Waals surface area contributed by atoms with Crippen molar-refractivity contribution in [2.45, 2.75) is 36.1 Å². The first-order valence-electron chi connectivity index (χ1n) is 11.3. The lowest BCUT2D eigenvalue weighted by Gasteiger charge is -2.43. The Bertz CT molecular complexity index is 1430. The molecule has 14 radical (unpaired) electrons. The second kappa shape index (κ2) is 9.95. The number of hydrogen-bond donors (Lipinski definition) is 1. The van der Waals surface area contributed by atoms with E-state index in [1.807, 2.05) is 0 Å². The van der Waals surface area contributed by atoms with E-state index >= 15 is 8.78 Å². The zero-order valence-electron chi connectivity index (χ0n) is 20.1. The van der Waals surface area contributed by atoms with E-state index < -0.39 is 74.4 Å². The molecule has 2 aromatic carbocycles. The first-order chi connectivity index (χ1) is 18.0. The van der Waals surface area contributed by atoms with Gasteiger partial charge in [-0.15, -0.1) is 0 Å². The van der Waals surface area contributed by atoms with E-state index in [4.69, 9.17) is 66.7 Å². The van der Waals surface area contributed by atoms with Gasteiger partial charge in [0.25, 0.3) is 11.8 Å². The summed E-state index contributed by atoms with van der Waals surface area (Å²) in [5.74, 6) is -9.79. The van der Waals surface area contributed by atoms with Crippen LogP contribution in [0.3, 0.4) is 0 Å². The number of imide groups is 1. The molecule has 17 heteroatoms. The second-order valence-electron chi connectivity index (χ2n) is 9.11. The molecule has 7 nitrogen and oxygen atoms in total. The summed E-state index contributed by atoms with van der Waals surface area (Å²) in [5.41, 5.74) is -3.19. The number of rotatable bonds is 5. The van der Waals surface area contributed by atoms with Crippen molar-refractivity contribution < 1.29 is 28.0 Å². The van der Waals surface area contributed by atoms with Gasteiger partial charge >= 0.3 is 5.92 Å². The minimum atomic E-state index is -4.22. The van der Waals surface area contributed by atoms with Gasteiger partial charge in [0, 0.05) is 28.5 Å². The maximum absolute atomic E-state index is 15.1. The monoisotopic (exact) mass is 531 g/mol. The van der Waals surface area contributed by atoms with Crippen LogP contribution in [0.5, 0.6) is 0 Å². The quantitative estimate of drug-likeness (QED) is 0.337. The Labute approximate surface area is 237 Å². The molecule has 2 unspecified atom stereocenters. The summed E-state index contributed by atoms with van der Waals surface area (Å²) in [6.07, 6.45) is -0.106. The molecular formula is C22H11B7ClF2N3O4. The van der Waals surface area contributed by atoms with Crippen molar-refractivity contribution in [1.82, 2.24) is 15.0 Å². The zero-order valence-corrected chi connectivity index (χ0v) is 20.8. The molecule has 0 aliphatic carbocycles. The summed E-state index contributed by atoms with van der Waals surface area (Å²) in [5, 5.41) is -0.538. The van der Waals surface area contributed by atoms with Crippen molar-refractivity contribution in [3.8, 4) is 0 Å². The minimum absolute atomic E-state index is 0.0389. The number of nitrogens with zero attached hydrogens (tertiary/aromatic N) is 2. The fourth-order valence-electron chi connectivity index (χ4n) is 4.70. The predicted octanol–water partition coefficient (Wildman–Crippen LogP) is -2.70. The molecule has 180 valence electrons. The third-order valence-electron chi connectivity index (χ3n) is 6.74. The maximum atomic E-state index is 15.1. The van der Waals surface area contributed by atoms with E-state index in [1.165, 1.54) is 0 Å². The van der Waals surface area contributed by atoms with Crippen LogP contribution >= 0.6 is 11.6 Å². The number of halogens is 3. The van der Waals surface area contributed by atoms with Crippen LogP contribution in [0.2, 0.25) is 5.02 Å². The summed E-state index contributed by atoms with van der Waals surface area (Å²) >= 11 is 5.73. The number of hydrogen-bond acceptors (Lipinski definition) is 4. The average Bonchev–Trinajstić information content (AvgIpc) is 3.12. The van der Waals surface area contributed by atoms with E-state index in [-0.39, 0.29) is 33.8 Å². The number of carbonyl (C=O) groups excluding carboxylic acids is 4. The number of carbonyl (C=O) groups is 4. The molecule has 1 N–H and O–H groups in total. The minimum Gasteiger partial charge on any atom is -0.398 e. The topological polar surface area (TPSA) is 86.8 Å². The van der Waals surface area contributed by atoms with Gasteiger partial charge < -0.3 is 9.71 Å². The molecule has 2 heterocycles. The highest BCUT2D eigenvalue weighted by atomic mass is 35.5. The number of fused-ring (bicyclic) bond motifs is 1. The first kappa shape index (κ1) is 29.1. The second-order valence-corrected chi connectivity index (χ2v) is 9.55. The Hall–Kier alpha value is -2.88. The summed E-state index contributed by atoms with van der Waals surface area (Å²) in [6.45, 7) is 0. The fourth-order valence-corrected chi connectivity index (χ4v) is 4.82. The number of amides is 4. The Balaban J connectivity index is 1.77. The summed E-state index contributed by atoms with van der Waals surface area (Å²) in [4.78, 5) is 50.9. The molecule has 1 saturated heterocycles. The molecule has 2 atom stereocenters. The highest BCUT2D eigenvalue weighted by molar-refractivity contribution is 6.57. The van der Waals surface area contributed by atoms with Crippen LogP contribution in [0, 0.1) is 0 Å². The molecule has 4 amide bonds. The molecule has 0 saturated carbocycles. The lowest BCUT2D eigenvalue weighted by Crippen LogP contribution is -2.59. The van der Waals surface area contributed by atoms with E-state index in [1.54, 1.807) is 0 Å². The molecule has 39 heavy (non-hydrogen) atoms. The highest BCUT2D eigenvalue weighted by Gasteiger charge is 2.48. The Morgan fingerprint density at radius 2 is 1.64 bits per heavy atom. The number of alkyl halides is 2. The normalized spacial score (nSPS) is 19.6. The van der Waals surface area contributed by atoms with E-state index in [0.717, 1.165) is 29.2 Å². The van der Waals surface area contributed by atoms with Gasteiger partial charge in [0.05, 0.1) is 15.7 Å². The summed E-state index contributed by atoms with van der Waals surface area (Å²) in [7, 11) is 42.7. The van der Waals surface area contributed by atoms with Crippen LogP contribution in [0.15, 0.2) is 24.3 Å². The number of piperidine rings is 1. The largest absolute Gasteiger partial charge is 0.398 e. The fraction of sp³-hybridized carbons (Fsp3) is 0.273. The maximum Gasteiger partial charge on any atom is 0.348 e. The van der Waals surface area contributed by atoms with Crippen molar-refractivity contribution in [2.24, 2.45) is 0 Å². The molecular weight excluding hydrogens is 519 g/mol. The van der Waals surface area contributed by atoms with Gasteiger partial charge in [-0.3, -0.25) is 24.5 Å². The highest BCUT2D eigenvalue weighted by Crippen LogP contribution is 2.36. The van der Waals surface area contributed by atoms with Crippen LogP contribution < -0.4 is 21.7 Å². The van der Waals surface area contributed by atoms with Crippen LogP contribution in [-0.4, -0.2) is 94.4 Å². The molecule has 2 aromatic rings. The van der Waals surface area contributed by atoms with Crippen molar-refractivity contribution in [3.05, 3.63) is 51.5 Å². The lowest BCUT2D eigenvalue weighted by atomic mass is 9.49. The van der Waals surface area contributed by atoms with E-state index in [2.05, 4.69) is 5.32 Å². The smallest absolute Gasteiger partial charge is 0.348 e. The van der Waals surface area contributed by atoms with Gasteiger partial charge in [-0.1, -0.05) is 45.7 Å². The third kappa shape index (κ3) is 4.54. The van der Waals surface area contributed by atoms with Crippen molar-refractivity contribution in [1.29, 1.82) is 0 Å². The van der Waals surface area contributed by atoms with Gasteiger partial charge in [-0.25, -0.2) is 0 Å². The van der Waals surface area contributed by atoms with Gasteiger partial charge in [0.2, 0.25) is 19.8 Å². The van der Waals surface area contributed by atoms with Crippen molar-refractivity contribution in [3.63, 3.8) is 0 Å².